The van der Waals surface area contributed by atoms with Gasteiger partial charge in [-0.2, -0.15) is 0 Å². The van der Waals surface area contributed by atoms with Gasteiger partial charge in [-0.25, -0.2) is 0 Å². The first-order valence-electron chi connectivity index (χ1n) is 10.2. The van der Waals surface area contributed by atoms with Gasteiger partial charge in [-0.05, 0) is 44.0 Å². The molecular weight excluding hydrogens is 368 g/mol. The van der Waals surface area contributed by atoms with Crippen LogP contribution in [0.5, 0.6) is 11.5 Å². The summed E-state index contributed by atoms with van der Waals surface area (Å²) in [5, 5.41) is 14.0. The average Bonchev–Trinajstić information content (AvgIpc) is 2.75. The number of β-amino-alcohol motifs (C(OH)–C–C–N with tert-alkyl or cyclic N) is 1. The third-order valence-electron chi connectivity index (χ3n) is 5.80. The highest BCUT2D eigenvalue weighted by Crippen LogP contribution is 2.36. The minimum Gasteiger partial charge on any atom is -0.485 e. The van der Waals surface area contributed by atoms with Gasteiger partial charge >= 0.3 is 0 Å². The molecule has 0 aromatic heterocycles. The van der Waals surface area contributed by atoms with Crippen molar-refractivity contribution in [3.8, 4) is 11.5 Å². The Balaban J connectivity index is 1.27. The molecule has 2 atom stereocenters. The summed E-state index contributed by atoms with van der Waals surface area (Å²) in [7, 11) is 0. The van der Waals surface area contributed by atoms with Crippen molar-refractivity contribution in [2.75, 3.05) is 26.2 Å². The number of benzene rings is 2. The van der Waals surface area contributed by atoms with Gasteiger partial charge in [0.25, 0.3) is 5.91 Å². The number of piperidine rings is 1. The third-order valence-corrected chi connectivity index (χ3v) is 5.80. The van der Waals surface area contributed by atoms with Gasteiger partial charge in [0.2, 0.25) is 0 Å². The van der Waals surface area contributed by atoms with E-state index in [1.807, 2.05) is 61.5 Å². The maximum atomic E-state index is 12.3. The highest BCUT2D eigenvalue weighted by molar-refractivity contribution is 5.94. The molecule has 0 spiro atoms. The topological polar surface area (TPSA) is 71.0 Å². The second kappa shape index (κ2) is 8.43. The van der Waals surface area contributed by atoms with Gasteiger partial charge in [0.1, 0.15) is 12.7 Å². The first-order chi connectivity index (χ1) is 14.0. The zero-order valence-electron chi connectivity index (χ0n) is 16.7. The van der Waals surface area contributed by atoms with E-state index in [1.54, 1.807) is 0 Å². The molecule has 154 valence electrons. The number of nitrogens with one attached hydrogen (secondary N) is 1. The fourth-order valence-corrected chi connectivity index (χ4v) is 3.88. The van der Waals surface area contributed by atoms with Crippen molar-refractivity contribution in [2.45, 2.75) is 37.5 Å². The van der Waals surface area contributed by atoms with Crippen LogP contribution in [0.2, 0.25) is 0 Å². The van der Waals surface area contributed by atoms with Gasteiger partial charge in [-0.1, -0.05) is 30.3 Å². The molecule has 6 heteroatoms. The van der Waals surface area contributed by atoms with Gasteiger partial charge < -0.3 is 24.8 Å². The Kier molecular flexibility index (Phi) is 5.74. The smallest absolute Gasteiger partial charge is 0.251 e. The summed E-state index contributed by atoms with van der Waals surface area (Å²) in [6.07, 6.45) is 1.05. The third kappa shape index (κ3) is 4.54. The lowest BCUT2D eigenvalue weighted by molar-refractivity contribution is -0.0949. The lowest BCUT2D eigenvalue weighted by atomic mass is 9.96. The number of nitrogens with zero attached hydrogens (tertiary/aromatic N) is 1. The van der Waals surface area contributed by atoms with Gasteiger partial charge in [0, 0.05) is 31.2 Å². The minimum atomic E-state index is -0.785. The largest absolute Gasteiger partial charge is 0.485 e. The van der Waals surface area contributed by atoms with Crippen LogP contribution in [0.15, 0.2) is 54.6 Å². The number of likely N-dealkylation sites (tertiary alicyclic amines) is 1. The Labute approximate surface area is 171 Å². The van der Waals surface area contributed by atoms with E-state index in [1.165, 1.54) is 0 Å². The number of aliphatic hydroxyl groups excluding tert-OH is 1. The number of para-hydroxylation sites is 2. The predicted octanol–water partition coefficient (Wildman–Crippen LogP) is 2.47. The SMILES string of the molecule is CC1(C(O)CN2CCC(NC(=O)c3ccccc3)CC2)COc2ccccc2O1. The van der Waals surface area contributed by atoms with Crippen LogP contribution in [0, 0.1) is 0 Å². The van der Waals surface area contributed by atoms with E-state index in [0.717, 1.165) is 25.9 Å². The van der Waals surface area contributed by atoms with Crippen LogP contribution in [-0.2, 0) is 0 Å². The number of carbonyl (C=O) groups is 1. The van der Waals surface area contributed by atoms with E-state index in [2.05, 4.69) is 10.2 Å². The Morgan fingerprint density at radius 3 is 2.52 bits per heavy atom. The average molecular weight is 396 g/mol. The molecule has 1 saturated heterocycles. The minimum absolute atomic E-state index is 0.0250. The molecule has 0 radical (unpaired) electrons. The number of aliphatic hydroxyl groups is 1. The highest BCUT2D eigenvalue weighted by atomic mass is 16.6. The maximum absolute atomic E-state index is 12.3. The van der Waals surface area contributed by atoms with Crippen LogP contribution in [0.1, 0.15) is 30.1 Å². The molecule has 2 aliphatic heterocycles. The second-order valence-electron chi connectivity index (χ2n) is 8.08. The van der Waals surface area contributed by atoms with Gasteiger partial charge in [0.15, 0.2) is 17.1 Å². The van der Waals surface area contributed by atoms with Crippen LogP contribution >= 0.6 is 0 Å². The molecule has 29 heavy (non-hydrogen) atoms. The van der Waals surface area contributed by atoms with Crippen molar-refractivity contribution >= 4 is 5.91 Å². The first kappa shape index (κ1) is 19.7. The normalized spacial score (nSPS) is 23.4. The molecular formula is C23H28N2O4. The summed E-state index contributed by atoms with van der Waals surface area (Å²) < 4.78 is 11.9. The number of carbonyl (C=O) groups excluding carboxylic acids is 1. The zero-order valence-corrected chi connectivity index (χ0v) is 16.7. The molecule has 2 aromatic rings. The van der Waals surface area contributed by atoms with Gasteiger partial charge in [0.05, 0.1) is 0 Å². The van der Waals surface area contributed by atoms with Gasteiger partial charge in [-0.3, -0.25) is 4.79 Å². The standard InChI is InChI=1S/C23H28N2O4/c1-23(16-28-19-9-5-6-10-20(19)29-23)21(26)15-25-13-11-18(12-14-25)24-22(27)17-7-3-2-4-8-17/h2-10,18,21,26H,11-16H2,1H3,(H,24,27). The highest BCUT2D eigenvalue weighted by Gasteiger charge is 2.41. The van der Waals surface area contributed by atoms with Crippen molar-refractivity contribution in [1.82, 2.24) is 10.2 Å². The van der Waals surface area contributed by atoms with E-state index in [4.69, 9.17) is 9.47 Å². The van der Waals surface area contributed by atoms with Crippen molar-refractivity contribution in [3.05, 3.63) is 60.2 Å². The monoisotopic (exact) mass is 396 g/mol. The summed E-state index contributed by atoms with van der Waals surface area (Å²) in [4.78, 5) is 14.6. The second-order valence-corrected chi connectivity index (χ2v) is 8.08. The Morgan fingerprint density at radius 2 is 1.79 bits per heavy atom. The van der Waals surface area contributed by atoms with E-state index >= 15 is 0 Å². The lowest BCUT2D eigenvalue weighted by Crippen LogP contribution is -2.57. The number of ether oxygens (including phenoxy) is 2. The fraction of sp³-hybridized carbons (Fsp3) is 0.435. The molecule has 0 bridgehead atoms. The fourth-order valence-electron chi connectivity index (χ4n) is 3.88. The molecule has 0 saturated carbocycles. The number of fused-ring (bicyclic) bond motifs is 1. The van der Waals surface area contributed by atoms with Crippen LogP contribution in [0.3, 0.4) is 0 Å². The number of hydrogen-bond acceptors (Lipinski definition) is 5. The van der Waals surface area contributed by atoms with Crippen molar-refractivity contribution < 1.29 is 19.4 Å². The molecule has 4 rings (SSSR count). The van der Waals surface area contributed by atoms with Gasteiger partial charge in [-0.15, -0.1) is 0 Å². The van der Waals surface area contributed by atoms with E-state index in [9.17, 15) is 9.90 Å². The molecule has 1 amide bonds. The van der Waals surface area contributed by atoms with Crippen molar-refractivity contribution in [2.24, 2.45) is 0 Å². The van der Waals surface area contributed by atoms with E-state index in [-0.39, 0.29) is 11.9 Å². The molecule has 2 aliphatic rings. The van der Waals surface area contributed by atoms with E-state index < -0.39 is 11.7 Å². The lowest BCUT2D eigenvalue weighted by Gasteiger charge is -2.41. The van der Waals surface area contributed by atoms with Crippen LogP contribution in [0.4, 0.5) is 0 Å². The van der Waals surface area contributed by atoms with Crippen LogP contribution < -0.4 is 14.8 Å². The quantitative estimate of drug-likeness (QED) is 0.813. The summed E-state index contributed by atoms with van der Waals surface area (Å²) in [5.41, 5.74) is -0.0970. The molecule has 2 unspecified atom stereocenters. The Bertz CT molecular complexity index is 836. The molecule has 2 heterocycles. The number of amides is 1. The Hall–Kier alpha value is -2.57. The Morgan fingerprint density at radius 1 is 1.14 bits per heavy atom. The molecule has 2 N–H and O–H groups in total. The predicted molar refractivity (Wildman–Crippen MR) is 110 cm³/mol. The zero-order chi connectivity index (χ0) is 20.3. The summed E-state index contributed by atoms with van der Waals surface area (Å²) in [6.45, 7) is 4.37. The van der Waals surface area contributed by atoms with Crippen molar-refractivity contribution in [1.29, 1.82) is 0 Å². The molecule has 0 aliphatic carbocycles. The molecule has 2 aromatic carbocycles. The van der Waals surface area contributed by atoms with Crippen LogP contribution in [-0.4, -0.2) is 59.9 Å². The summed E-state index contributed by atoms with van der Waals surface area (Å²) in [6, 6.07) is 17.0. The van der Waals surface area contributed by atoms with E-state index in [0.29, 0.717) is 30.2 Å². The molecule has 6 nitrogen and oxygen atoms in total. The number of rotatable bonds is 5. The number of hydrogen-bond donors (Lipinski definition) is 2. The summed E-state index contributed by atoms with van der Waals surface area (Å²) >= 11 is 0. The van der Waals surface area contributed by atoms with Crippen LogP contribution in [0.25, 0.3) is 0 Å². The molecule has 1 fully saturated rings. The van der Waals surface area contributed by atoms with Crippen molar-refractivity contribution in [3.63, 3.8) is 0 Å². The first-order valence-corrected chi connectivity index (χ1v) is 10.2. The maximum Gasteiger partial charge on any atom is 0.251 e. The summed E-state index contributed by atoms with van der Waals surface area (Å²) in [5.74, 6) is 1.36.